The molecule has 0 saturated carbocycles. The van der Waals surface area contributed by atoms with Gasteiger partial charge in [0.05, 0.1) is 11.1 Å². The summed E-state index contributed by atoms with van der Waals surface area (Å²) in [6, 6.07) is 11.3. The normalized spacial score (nSPS) is 11.3. The molecule has 0 bridgehead atoms. The minimum absolute atomic E-state index is 0.173. The number of hydrogen-bond acceptors (Lipinski definition) is 6. The number of thiazole rings is 1. The first-order valence-electron chi connectivity index (χ1n) is 8.39. The van der Waals surface area contributed by atoms with Gasteiger partial charge in [0.2, 0.25) is 0 Å². The van der Waals surface area contributed by atoms with E-state index in [1.54, 1.807) is 27.0 Å². The van der Waals surface area contributed by atoms with Crippen molar-refractivity contribution in [3.63, 3.8) is 0 Å². The second kappa shape index (κ2) is 7.36. The Hall–Kier alpha value is -2.93. The predicted octanol–water partition coefficient (Wildman–Crippen LogP) is 5.62. The molecule has 3 aromatic rings. The molecule has 0 radical (unpaired) electrons. The van der Waals surface area contributed by atoms with Crippen LogP contribution < -0.4 is 5.32 Å². The van der Waals surface area contributed by atoms with Crippen molar-refractivity contribution in [2.45, 2.75) is 33.3 Å². The first-order chi connectivity index (χ1) is 12.7. The number of rotatable bonds is 4. The summed E-state index contributed by atoms with van der Waals surface area (Å²) in [7, 11) is 0. The minimum Gasteiger partial charge on any atom is -0.464 e. The molecule has 0 aliphatic heterocycles. The lowest BCUT2D eigenvalue weighted by molar-refractivity contribution is 0.0635. The van der Waals surface area contributed by atoms with E-state index < -0.39 is 11.7 Å². The molecule has 0 saturated heterocycles. The van der Waals surface area contributed by atoms with Gasteiger partial charge in [-0.05, 0) is 38.5 Å². The van der Waals surface area contributed by atoms with Crippen LogP contribution >= 0.6 is 11.3 Å². The summed E-state index contributed by atoms with van der Waals surface area (Å²) in [4.78, 5) is 28.9. The zero-order valence-corrected chi connectivity index (χ0v) is 16.3. The van der Waals surface area contributed by atoms with Crippen LogP contribution in [0.2, 0.25) is 0 Å². The number of carbonyl (C=O) groups is 2. The molecule has 27 heavy (non-hydrogen) atoms. The quantitative estimate of drug-likeness (QED) is 0.590. The van der Waals surface area contributed by atoms with Crippen LogP contribution in [0.5, 0.6) is 0 Å². The van der Waals surface area contributed by atoms with Gasteiger partial charge in [0, 0.05) is 12.5 Å². The van der Waals surface area contributed by atoms with Gasteiger partial charge in [-0.15, -0.1) is 0 Å². The van der Waals surface area contributed by atoms with E-state index in [-0.39, 0.29) is 5.78 Å². The number of anilines is 1. The fourth-order valence-electron chi connectivity index (χ4n) is 2.43. The van der Waals surface area contributed by atoms with E-state index >= 15 is 0 Å². The number of ketones is 1. The molecule has 1 aromatic carbocycles. The van der Waals surface area contributed by atoms with Gasteiger partial charge in [-0.3, -0.25) is 10.1 Å². The van der Waals surface area contributed by atoms with E-state index in [1.807, 2.05) is 36.4 Å². The van der Waals surface area contributed by atoms with Gasteiger partial charge in [0.15, 0.2) is 10.9 Å². The van der Waals surface area contributed by atoms with Gasteiger partial charge >= 0.3 is 6.09 Å². The average molecular weight is 384 g/mol. The Balaban J connectivity index is 1.87. The number of amides is 1. The predicted molar refractivity (Wildman–Crippen MR) is 105 cm³/mol. The Bertz CT molecular complexity index is 951. The molecule has 1 N–H and O–H groups in total. The number of nitrogens with one attached hydrogen (secondary N) is 1. The molecule has 6 nitrogen and oxygen atoms in total. The van der Waals surface area contributed by atoms with Crippen molar-refractivity contribution >= 4 is 28.3 Å². The summed E-state index contributed by atoms with van der Waals surface area (Å²) in [5.74, 6) is 0.596. The highest BCUT2D eigenvalue weighted by Crippen LogP contribution is 2.35. The topological polar surface area (TPSA) is 81.4 Å². The number of Topliss-reactive ketones (excluding diaryl/α,β-unsaturated/α-hetero) is 1. The number of carbonyl (C=O) groups excluding carboxylic acids is 2. The van der Waals surface area contributed by atoms with E-state index in [0.717, 1.165) is 16.9 Å². The lowest BCUT2D eigenvalue weighted by Gasteiger charge is -2.18. The molecule has 0 fully saturated rings. The van der Waals surface area contributed by atoms with Gasteiger partial charge in [0.1, 0.15) is 17.1 Å². The lowest BCUT2D eigenvalue weighted by atomic mass is 10.1. The second-order valence-corrected chi connectivity index (χ2v) is 7.93. The Labute approximate surface area is 161 Å². The Morgan fingerprint density at radius 1 is 1.11 bits per heavy atom. The van der Waals surface area contributed by atoms with Crippen molar-refractivity contribution in [2.24, 2.45) is 0 Å². The molecule has 0 aliphatic carbocycles. The number of hydrogen-bond donors (Lipinski definition) is 1. The fourth-order valence-corrected chi connectivity index (χ4v) is 3.43. The van der Waals surface area contributed by atoms with E-state index in [1.165, 1.54) is 18.3 Å². The first-order valence-corrected chi connectivity index (χ1v) is 9.20. The Kier molecular flexibility index (Phi) is 5.14. The van der Waals surface area contributed by atoms with E-state index in [2.05, 4.69) is 10.3 Å². The van der Waals surface area contributed by atoms with Gasteiger partial charge < -0.3 is 9.15 Å². The highest BCUT2D eigenvalue weighted by molar-refractivity contribution is 7.19. The molecule has 1 amide bonds. The smallest absolute Gasteiger partial charge is 0.413 e. The molecular weight excluding hydrogens is 364 g/mol. The number of aromatic nitrogens is 1. The van der Waals surface area contributed by atoms with Crippen LogP contribution in [0.3, 0.4) is 0 Å². The van der Waals surface area contributed by atoms with Crippen molar-refractivity contribution in [1.29, 1.82) is 0 Å². The molecule has 0 aliphatic rings. The highest BCUT2D eigenvalue weighted by Gasteiger charge is 2.21. The maximum atomic E-state index is 12.0. The Morgan fingerprint density at radius 2 is 1.78 bits per heavy atom. The molecule has 2 heterocycles. The fraction of sp³-hybridized carbons (Fsp3) is 0.250. The third kappa shape index (κ3) is 4.62. The minimum atomic E-state index is -0.616. The molecule has 0 unspecified atom stereocenters. The number of nitrogens with zero attached hydrogens (tertiary/aromatic N) is 1. The summed E-state index contributed by atoms with van der Waals surface area (Å²) >= 11 is 1.23. The third-order valence-corrected chi connectivity index (χ3v) is 4.54. The van der Waals surface area contributed by atoms with Crippen molar-refractivity contribution < 1.29 is 18.7 Å². The summed E-state index contributed by atoms with van der Waals surface area (Å²) in [6.07, 6.45) is 1.01. The van der Waals surface area contributed by atoms with Gasteiger partial charge in [-0.2, -0.15) is 0 Å². The van der Waals surface area contributed by atoms with Crippen LogP contribution in [0.25, 0.3) is 21.8 Å². The number of benzene rings is 1. The second-order valence-electron chi connectivity index (χ2n) is 6.93. The maximum absolute atomic E-state index is 12.0. The van der Waals surface area contributed by atoms with Gasteiger partial charge in [0.25, 0.3) is 0 Å². The average Bonchev–Trinajstić information content (AvgIpc) is 3.22. The molecule has 3 rings (SSSR count). The monoisotopic (exact) mass is 384 g/mol. The lowest BCUT2D eigenvalue weighted by Crippen LogP contribution is -2.27. The molecule has 140 valence electrons. The zero-order chi connectivity index (χ0) is 19.6. The van der Waals surface area contributed by atoms with Crippen LogP contribution in [-0.2, 0) is 4.74 Å². The van der Waals surface area contributed by atoms with Crippen LogP contribution in [0.1, 0.15) is 38.2 Å². The van der Waals surface area contributed by atoms with Crippen LogP contribution in [-0.4, -0.2) is 22.5 Å². The molecular formula is C20H20N2O4S. The molecule has 2 aromatic heterocycles. The van der Waals surface area contributed by atoms with Gasteiger partial charge in [-0.25, -0.2) is 9.78 Å². The maximum Gasteiger partial charge on any atom is 0.413 e. The van der Waals surface area contributed by atoms with Crippen LogP contribution in [0, 0.1) is 0 Å². The van der Waals surface area contributed by atoms with Crippen molar-refractivity contribution in [1.82, 2.24) is 4.98 Å². The zero-order valence-electron chi connectivity index (χ0n) is 15.5. The summed E-state index contributed by atoms with van der Waals surface area (Å²) in [6.45, 7) is 6.79. The van der Waals surface area contributed by atoms with E-state index in [0.29, 0.717) is 15.7 Å². The van der Waals surface area contributed by atoms with Crippen molar-refractivity contribution in [3.8, 4) is 21.8 Å². The summed E-state index contributed by atoms with van der Waals surface area (Å²) < 4.78 is 10.6. The summed E-state index contributed by atoms with van der Waals surface area (Å²) in [5, 5.41) is 2.92. The first kappa shape index (κ1) is 18.8. The third-order valence-electron chi connectivity index (χ3n) is 3.52. The van der Waals surface area contributed by atoms with Crippen LogP contribution in [0.15, 0.2) is 47.1 Å². The van der Waals surface area contributed by atoms with Crippen LogP contribution in [0.4, 0.5) is 9.93 Å². The largest absolute Gasteiger partial charge is 0.464 e. The molecule has 7 heteroatoms. The highest BCUT2D eigenvalue weighted by atomic mass is 32.1. The van der Waals surface area contributed by atoms with Crippen molar-refractivity contribution in [3.05, 3.63) is 48.4 Å². The number of ether oxygens (including phenoxy) is 1. The van der Waals surface area contributed by atoms with Crippen molar-refractivity contribution in [2.75, 3.05) is 5.32 Å². The molecule has 0 spiro atoms. The van der Waals surface area contributed by atoms with E-state index in [4.69, 9.17) is 9.15 Å². The summed E-state index contributed by atoms with van der Waals surface area (Å²) in [5.41, 5.74) is 1.47. The standard InChI is InChI=1S/C20H20N2O4S/c1-12(23)16-17(27-18(21-16)22-19(24)26-20(2,3)4)14-9-7-13(8-10-14)15-6-5-11-25-15/h5-11H,1-4H3,(H,21,22,24). The van der Waals surface area contributed by atoms with E-state index in [9.17, 15) is 9.59 Å². The Morgan fingerprint density at radius 3 is 2.33 bits per heavy atom. The molecule has 0 atom stereocenters. The number of furan rings is 1. The van der Waals surface area contributed by atoms with Gasteiger partial charge in [-0.1, -0.05) is 35.6 Å². The SMILES string of the molecule is CC(=O)c1nc(NC(=O)OC(C)(C)C)sc1-c1ccc(-c2ccco2)cc1.